The molecular weight excluding hydrogens is 586 g/mol. The fraction of sp³-hybridized carbons (Fsp3) is 0.400. The number of aromatic nitrogens is 2. The zero-order valence-electron chi connectivity index (χ0n) is 28.3. The molecule has 0 unspecified atom stereocenters. The zero-order valence-corrected chi connectivity index (χ0v) is 28.3. The predicted molar refractivity (Wildman–Crippen MR) is 185 cm³/mol. The maximum Gasteiger partial charge on any atom is 0.341 e. The van der Waals surface area contributed by atoms with E-state index in [-0.39, 0.29) is 23.5 Å². The number of rotatable bonds is 10. The number of hydrogen-bond donors (Lipinski definition) is 1. The fourth-order valence-corrected chi connectivity index (χ4v) is 7.46. The summed E-state index contributed by atoms with van der Waals surface area (Å²) in [4.78, 5) is 14.1. The Kier molecular flexibility index (Phi) is 9.40. The van der Waals surface area contributed by atoms with Gasteiger partial charge < -0.3 is 14.6 Å². The fourth-order valence-electron chi connectivity index (χ4n) is 7.46. The molecule has 0 aliphatic carbocycles. The van der Waals surface area contributed by atoms with E-state index in [2.05, 4.69) is 99.8 Å². The lowest BCUT2D eigenvalue weighted by Crippen LogP contribution is -2.48. The largest absolute Gasteiger partial charge is 0.482 e. The molecular formula is C40H47N3O4. The van der Waals surface area contributed by atoms with Gasteiger partial charge in [0.15, 0.2) is 6.61 Å². The molecule has 0 amide bonds. The molecule has 4 aromatic rings. The number of benzene rings is 3. The third kappa shape index (κ3) is 6.78. The van der Waals surface area contributed by atoms with Gasteiger partial charge in [-0.15, -0.1) is 0 Å². The first-order valence-corrected chi connectivity index (χ1v) is 16.7. The summed E-state index contributed by atoms with van der Waals surface area (Å²) in [6, 6.07) is 27.1. The van der Waals surface area contributed by atoms with Crippen molar-refractivity contribution in [3.8, 4) is 17.0 Å². The molecule has 3 heterocycles. The van der Waals surface area contributed by atoms with E-state index >= 15 is 0 Å². The second-order valence-corrected chi connectivity index (χ2v) is 13.9. The molecule has 2 saturated heterocycles. The number of carbonyl (C=O) groups is 1. The highest BCUT2D eigenvalue weighted by atomic mass is 16.5. The molecule has 246 valence electrons. The summed E-state index contributed by atoms with van der Waals surface area (Å²) in [6.45, 7) is 15.4. The highest BCUT2D eigenvalue weighted by Gasteiger charge is 2.43. The Balaban J connectivity index is 1.27. The van der Waals surface area contributed by atoms with Crippen LogP contribution in [-0.4, -0.2) is 51.6 Å². The van der Waals surface area contributed by atoms with Gasteiger partial charge in [-0.2, -0.15) is 5.10 Å². The van der Waals surface area contributed by atoms with E-state index in [0.717, 1.165) is 60.4 Å². The summed E-state index contributed by atoms with van der Waals surface area (Å²) in [6.07, 6.45) is 1.68. The van der Waals surface area contributed by atoms with Gasteiger partial charge >= 0.3 is 5.97 Å². The second-order valence-electron chi connectivity index (χ2n) is 13.9. The van der Waals surface area contributed by atoms with Crippen molar-refractivity contribution >= 4 is 5.97 Å². The normalized spacial score (nSPS) is 21.6. The number of nitrogens with zero attached hydrogens (tertiary/aromatic N) is 3. The monoisotopic (exact) mass is 633 g/mol. The molecule has 1 N–H and O–H groups in total. The summed E-state index contributed by atoms with van der Waals surface area (Å²) in [5.41, 5.74) is 8.70. The summed E-state index contributed by atoms with van der Waals surface area (Å²) in [7, 11) is 2.02. The van der Waals surface area contributed by atoms with Crippen molar-refractivity contribution in [1.82, 2.24) is 14.7 Å². The van der Waals surface area contributed by atoms with Crippen molar-refractivity contribution in [2.45, 2.75) is 64.7 Å². The molecule has 7 heteroatoms. The van der Waals surface area contributed by atoms with Crippen molar-refractivity contribution < 1.29 is 19.4 Å². The molecule has 7 nitrogen and oxygen atoms in total. The van der Waals surface area contributed by atoms with Crippen molar-refractivity contribution in [2.24, 2.45) is 18.9 Å². The summed E-state index contributed by atoms with van der Waals surface area (Å²) >= 11 is 0. The Hall–Kier alpha value is -4.20. The number of fused-ring (bicyclic) bond motifs is 1. The molecule has 1 aromatic heterocycles. The number of likely N-dealkylation sites (tertiary alicyclic amines) is 1. The summed E-state index contributed by atoms with van der Waals surface area (Å²) in [5.74, 6) is -0.0188. The standard InChI is InChI=1S/C40H47N3O4/c1-26(2)32-21-29-23-43(24-34-27(3)42(6)41-38(34)28-13-9-7-10-14-28)20-19-35(29)47-39(32)33-22-31(17-18-36(33)46-25-37(44)45)40(4,5)30-15-11-8-12-16-30/h7-18,22,29,32,35,39H,1,19-21,23-25H2,2-6H3,(H,44,45)/t29-,32-,35+,39+/m1/s1. The molecule has 0 spiro atoms. The van der Waals surface area contributed by atoms with Gasteiger partial charge in [0, 0.05) is 60.4 Å². The van der Waals surface area contributed by atoms with Crippen LogP contribution in [-0.2, 0) is 28.5 Å². The van der Waals surface area contributed by atoms with Crippen LogP contribution in [0.2, 0.25) is 0 Å². The molecule has 4 atom stereocenters. The van der Waals surface area contributed by atoms with Crippen LogP contribution in [0.3, 0.4) is 0 Å². The first-order chi connectivity index (χ1) is 22.5. The number of carboxylic acids is 1. The van der Waals surface area contributed by atoms with Crippen molar-refractivity contribution in [3.05, 3.63) is 119 Å². The van der Waals surface area contributed by atoms with Gasteiger partial charge in [-0.05, 0) is 55.9 Å². The number of carboxylic acid groups (broad SMARTS) is 1. The molecule has 47 heavy (non-hydrogen) atoms. The lowest BCUT2D eigenvalue weighted by molar-refractivity contribution is -0.140. The van der Waals surface area contributed by atoms with Crippen LogP contribution >= 0.6 is 0 Å². The lowest BCUT2D eigenvalue weighted by Gasteiger charge is -2.47. The third-order valence-corrected chi connectivity index (χ3v) is 10.4. The number of ether oxygens (including phenoxy) is 2. The van der Waals surface area contributed by atoms with Gasteiger partial charge in [-0.25, -0.2) is 4.79 Å². The van der Waals surface area contributed by atoms with Crippen LogP contribution < -0.4 is 4.74 Å². The zero-order chi connectivity index (χ0) is 33.3. The van der Waals surface area contributed by atoms with Crippen LogP contribution in [0.15, 0.2) is 91.0 Å². The van der Waals surface area contributed by atoms with Crippen LogP contribution in [0.5, 0.6) is 5.75 Å². The number of hydrogen-bond acceptors (Lipinski definition) is 5. The van der Waals surface area contributed by atoms with Crippen molar-refractivity contribution in [1.29, 1.82) is 0 Å². The molecule has 0 bridgehead atoms. The van der Waals surface area contributed by atoms with Crippen molar-refractivity contribution in [2.75, 3.05) is 19.7 Å². The Morgan fingerprint density at radius 1 is 1.06 bits per heavy atom. The van der Waals surface area contributed by atoms with Crippen LogP contribution in [0.1, 0.15) is 67.7 Å². The Morgan fingerprint density at radius 3 is 2.45 bits per heavy atom. The third-order valence-electron chi connectivity index (χ3n) is 10.4. The minimum Gasteiger partial charge on any atom is -0.482 e. The van der Waals surface area contributed by atoms with E-state index in [9.17, 15) is 9.90 Å². The Bertz CT molecular complexity index is 1730. The average Bonchev–Trinajstić information content (AvgIpc) is 3.35. The topological polar surface area (TPSA) is 76.8 Å². The van der Waals surface area contributed by atoms with Gasteiger partial charge in [0.05, 0.1) is 17.9 Å². The quantitative estimate of drug-likeness (QED) is 0.180. The number of aryl methyl sites for hydroxylation is 1. The highest BCUT2D eigenvalue weighted by Crippen LogP contribution is 2.48. The highest BCUT2D eigenvalue weighted by molar-refractivity contribution is 5.68. The maximum absolute atomic E-state index is 11.5. The number of aliphatic carboxylic acids is 1. The Labute approximate surface area is 278 Å². The average molecular weight is 634 g/mol. The van der Waals surface area contributed by atoms with Gasteiger partial charge in [-0.1, -0.05) is 92.7 Å². The second kappa shape index (κ2) is 13.5. The summed E-state index contributed by atoms with van der Waals surface area (Å²) < 4.78 is 15.0. The van der Waals surface area contributed by atoms with Crippen LogP contribution in [0.25, 0.3) is 11.3 Å². The minimum absolute atomic E-state index is 0.0680. The van der Waals surface area contributed by atoms with Crippen LogP contribution in [0, 0.1) is 18.8 Å². The first-order valence-electron chi connectivity index (χ1n) is 16.7. The van der Waals surface area contributed by atoms with Crippen LogP contribution in [0.4, 0.5) is 0 Å². The maximum atomic E-state index is 11.5. The first kappa shape index (κ1) is 32.7. The molecule has 2 aliphatic heterocycles. The van der Waals surface area contributed by atoms with E-state index in [1.165, 1.54) is 16.8 Å². The van der Waals surface area contributed by atoms with Crippen molar-refractivity contribution in [3.63, 3.8) is 0 Å². The smallest absolute Gasteiger partial charge is 0.341 e. The minimum atomic E-state index is -1.00. The summed E-state index contributed by atoms with van der Waals surface area (Å²) in [5, 5.41) is 14.3. The lowest BCUT2D eigenvalue weighted by atomic mass is 9.74. The molecule has 2 aliphatic rings. The molecule has 0 saturated carbocycles. The van der Waals surface area contributed by atoms with E-state index in [1.807, 2.05) is 29.9 Å². The van der Waals surface area contributed by atoms with E-state index in [4.69, 9.17) is 14.6 Å². The van der Waals surface area contributed by atoms with E-state index < -0.39 is 12.6 Å². The van der Waals surface area contributed by atoms with Gasteiger partial charge in [0.1, 0.15) is 5.75 Å². The molecule has 3 aromatic carbocycles. The van der Waals surface area contributed by atoms with Gasteiger partial charge in [0.2, 0.25) is 0 Å². The van der Waals surface area contributed by atoms with E-state index in [0.29, 0.717) is 11.7 Å². The Morgan fingerprint density at radius 2 is 1.77 bits per heavy atom. The van der Waals surface area contributed by atoms with E-state index in [1.54, 1.807) is 0 Å². The molecule has 6 rings (SSSR count). The predicted octanol–water partition coefficient (Wildman–Crippen LogP) is 7.73. The van der Waals surface area contributed by atoms with Gasteiger partial charge in [0.25, 0.3) is 0 Å². The molecule has 0 radical (unpaired) electrons. The van der Waals surface area contributed by atoms with Gasteiger partial charge in [-0.3, -0.25) is 9.58 Å². The SMILES string of the molecule is C=C(C)[C@H]1C[C@@H]2CN(Cc3c(-c4ccccc4)nn(C)c3C)CC[C@@H]2O[C@@H]1c1cc(C(C)(C)c2ccccc2)ccc1OCC(=O)O. The molecule has 2 fully saturated rings. The number of piperidine rings is 1.